The summed E-state index contributed by atoms with van der Waals surface area (Å²) in [6, 6.07) is 16.1. The minimum Gasteiger partial charge on any atom is -0.459 e. The van der Waals surface area contributed by atoms with E-state index in [9.17, 15) is 14.4 Å². The van der Waals surface area contributed by atoms with Gasteiger partial charge in [-0.15, -0.1) is 0 Å². The topological polar surface area (TPSA) is 110 Å². The molecule has 0 aliphatic rings. The first kappa shape index (κ1) is 20.8. The molecule has 2 N–H and O–H groups in total. The highest BCUT2D eigenvalue weighted by molar-refractivity contribution is 6.33. The predicted octanol–water partition coefficient (Wildman–Crippen LogP) is 3.03. The third kappa shape index (κ3) is 5.79. The summed E-state index contributed by atoms with van der Waals surface area (Å²) in [6.07, 6.45) is 2.77. The lowest BCUT2D eigenvalue weighted by atomic mass is 10.2. The molecule has 9 heteroatoms. The van der Waals surface area contributed by atoms with Gasteiger partial charge >= 0.3 is 5.97 Å². The second kappa shape index (κ2) is 10.0. The number of amides is 2. The van der Waals surface area contributed by atoms with E-state index in [0.29, 0.717) is 16.3 Å². The molecule has 0 unspecified atom stereocenters. The first-order valence-electron chi connectivity index (χ1n) is 8.73. The van der Waals surface area contributed by atoms with Gasteiger partial charge in [-0.1, -0.05) is 23.7 Å². The van der Waals surface area contributed by atoms with Gasteiger partial charge in [0, 0.05) is 0 Å². The van der Waals surface area contributed by atoms with Gasteiger partial charge in [0.2, 0.25) is 0 Å². The molecule has 0 spiro atoms. The highest BCUT2D eigenvalue weighted by Gasteiger charge is 2.12. The van der Waals surface area contributed by atoms with Crippen LogP contribution in [0.4, 0.5) is 0 Å². The molecule has 0 saturated carbocycles. The van der Waals surface area contributed by atoms with Gasteiger partial charge in [0.25, 0.3) is 11.8 Å². The Morgan fingerprint density at radius 2 is 1.80 bits per heavy atom. The fraction of sp³-hybridized carbons (Fsp3) is 0.0476. The number of hydrazone groups is 1. The molecule has 0 fully saturated rings. The van der Waals surface area contributed by atoms with Crippen LogP contribution in [0.3, 0.4) is 0 Å². The average Bonchev–Trinajstić information content (AvgIpc) is 3.28. The van der Waals surface area contributed by atoms with Gasteiger partial charge in [-0.05, 0) is 54.1 Å². The Bertz CT molecular complexity index is 1060. The summed E-state index contributed by atoms with van der Waals surface area (Å²) in [4.78, 5) is 35.5. The molecular formula is C21H16ClN3O5. The van der Waals surface area contributed by atoms with E-state index in [0.717, 1.165) is 0 Å². The van der Waals surface area contributed by atoms with Gasteiger partial charge in [-0.3, -0.25) is 9.59 Å². The fourth-order valence-electron chi connectivity index (χ4n) is 2.28. The molecule has 1 aromatic heterocycles. The quantitative estimate of drug-likeness (QED) is 0.261. The summed E-state index contributed by atoms with van der Waals surface area (Å²) in [7, 11) is 0. The molecule has 0 aliphatic carbocycles. The number of hydrogen-bond donors (Lipinski definition) is 2. The number of hydrogen-bond acceptors (Lipinski definition) is 6. The largest absolute Gasteiger partial charge is 0.459 e. The van der Waals surface area contributed by atoms with Crippen molar-refractivity contribution in [1.82, 2.24) is 10.7 Å². The molecule has 0 atom stereocenters. The van der Waals surface area contributed by atoms with Crippen LogP contribution >= 0.6 is 11.6 Å². The Balaban J connectivity index is 1.46. The van der Waals surface area contributed by atoms with Crippen LogP contribution in [0.1, 0.15) is 26.5 Å². The Kier molecular flexibility index (Phi) is 6.96. The zero-order valence-electron chi connectivity index (χ0n) is 15.5. The summed E-state index contributed by atoms with van der Waals surface area (Å²) >= 11 is 5.98. The number of nitrogens with one attached hydrogen (secondary N) is 2. The van der Waals surface area contributed by atoms with Gasteiger partial charge in [-0.25, -0.2) is 10.2 Å². The van der Waals surface area contributed by atoms with E-state index in [4.69, 9.17) is 20.8 Å². The molecule has 152 valence electrons. The summed E-state index contributed by atoms with van der Waals surface area (Å²) in [5.41, 5.74) is 3.22. The number of benzene rings is 2. The SMILES string of the molecule is O=C(CNC(=O)c1ccco1)N/N=C/c1ccc(OC(=O)c2ccccc2Cl)cc1. The van der Waals surface area contributed by atoms with Crippen molar-refractivity contribution < 1.29 is 23.5 Å². The average molecular weight is 426 g/mol. The smallest absolute Gasteiger partial charge is 0.345 e. The van der Waals surface area contributed by atoms with Crippen LogP contribution in [0.25, 0.3) is 0 Å². The van der Waals surface area contributed by atoms with Crippen molar-refractivity contribution in [2.24, 2.45) is 5.10 Å². The van der Waals surface area contributed by atoms with Crippen molar-refractivity contribution in [3.8, 4) is 5.75 Å². The van der Waals surface area contributed by atoms with Gasteiger partial charge < -0.3 is 14.5 Å². The van der Waals surface area contributed by atoms with E-state index < -0.39 is 17.8 Å². The summed E-state index contributed by atoms with van der Waals surface area (Å²) in [5, 5.41) is 6.52. The van der Waals surface area contributed by atoms with Crippen LogP contribution in [-0.2, 0) is 4.79 Å². The molecule has 0 aliphatic heterocycles. The molecule has 2 aromatic carbocycles. The molecule has 3 aromatic rings. The Hall–Kier alpha value is -3.91. The first-order valence-corrected chi connectivity index (χ1v) is 9.11. The van der Waals surface area contributed by atoms with Crippen molar-refractivity contribution in [3.63, 3.8) is 0 Å². The second-order valence-electron chi connectivity index (χ2n) is 5.89. The number of nitrogens with zero attached hydrogens (tertiary/aromatic N) is 1. The van der Waals surface area contributed by atoms with Crippen molar-refractivity contribution >= 4 is 35.6 Å². The number of furan rings is 1. The molecule has 0 saturated heterocycles. The Morgan fingerprint density at radius 1 is 1.03 bits per heavy atom. The van der Waals surface area contributed by atoms with E-state index in [-0.39, 0.29) is 17.9 Å². The Morgan fingerprint density at radius 3 is 2.50 bits per heavy atom. The lowest BCUT2D eigenvalue weighted by Crippen LogP contribution is -2.34. The molecule has 3 rings (SSSR count). The van der Waals surface area contributed by atoms with E-state index in [1.807, 2.05) is 0 Å². The third-order valence-electron chi connectivity index (χ3n) is 3.74. The predicted molar refractivity (Wildman–Crippen MR) is 110 cm³/mol. The molecule has 0 radical (unpaired) electrons. The molecule has 8 nitrogen and oxygen atoms in total. The van der Waals surface area contributed by atoms with Crippen LogP contribution in [0.15, 0.2) is 76.4 Å². The lowest BCUT2D eigenvalue weighted by molar-refractivity contribution is -0.120. The Labute approximate surface area is 176 Å². The van der Waals surface area contributed by atoms with Crippen LogP contribution < -0.4 is 15.5 Å². The number of rotatable bonds is 7. The minimum absolute atomic E-state index is 0.113. The van der Waals surface area contributed by atoms with Gasteiger partial charge in [-0.2, -0.15) is 5.10 Å². The minimum atomic E-state index is -0.564. The monoisotopic (exact) mass is 425 g/mol. The van der Waals surface area contributed by atoms with E-state index in [2.05, 4.69) is 15.8 Å². The van der Waals surface area contributed by atoms with Crippen LogP contribution in [0.5, 0.6) is 5.75 Å². The fourth-order valence-corrected chi connectivity index (χ4v) is 2.50. The maximum atomic E-state index is 12.1. The zero-order chi connectivity index (χ0) is 21.3. The lowest BCUT2D eigenvalue weighted by Gasteiger charge is -2.06. The molecule has 1 heterocycles. The molecule has 2 amide bonds. The maximum Gasteiger partial charge on any atom is 0.345 e. The number of halogens is 1. The van der Waals surface area contributed by atoms with E-state index >= 15 is 0 Å². The normalized spacial score (nSPS) is 10.6. The number of carbonyl (C=O) groups is 3. The molecule has 0 bridgehead atoms. The van der Waals surface area contributed by atoms with Crippen LogP contribution in [0.2, 0.25) is 5.02 Å². The number of carbonyl (C=O) groups excluding carboxylic acids is 3. The number of esters is 1. The highest BCUT2D eigenvalue weighted by Crippen LogP contribution is 2.18. The van der Waals surface area contributed by atoms with E-state index in [1.165, 1.54) is 18.5 Å². The van der Waals surface area contributed by atoms with Gasteiger partial charge in [0.1, 0.15) is 5.75 Å². The third-order valence-corrected chi connectivity index (χ3v) is 4.07. The highest BCUT2D eigenvalue weighted by atomic mass is 35.5. The second-order valence-corrected chi connectivity index (χ2v) is 6.30. The molecule has 30 heavy (non-hydrogen) atoms. The standard InChI is InChI=1S/C21H16ClN3O5/c22-17-5-2-1-4-16(17)21(28)30-15-9-7-14(8-10-15)12-24-25-19(26)13-23-20(27)18-6-3-11-29-18/h1-12H,13H2,(H,23,27)(H,25,26)/b24-12+. The van der Waals surface area contributed by atoms with Gasteiger partial charge in [0.05, 0.1) is 29.6 Å². The van der Waals surface area contributed by atoms with Crippen molar-refractivity contribution in [2.75, 3.05) is 6.54 Å². The summed E-state index contributed by atoms with van der Waals surface area (Å²) < 4.78 is 10.2. The first-order chi connectivity index (χ1) is 14.5. The van der Waals surface area contributed by atoms with E-state index in [1.54, 1.807) is 54.6 Å². The van der Waals surface area contributed by atoms with Crippen LogP contribution in [0, 0.1) is 0 Å². The van der Waals surface area contributed by atoms with Gasteiger partial charge in [0.15, 0.2) is 5.76 Å². The van der Waals surface area contributed by atoms with Crippen molar-refractivity contribution in [3.05, 3.63) is 88.8 Å². The summed E-state index contributed by atoms with van der Waals surface area (Å²) in [5.74, 6) is -1.12. The molecular weight excluding hydrogens is 410 g/mol. The zero-order valence-corrected chi connectivity index (χ0v) is 16.3. The van der Waals surface area contributed by atoms with Crippen molar-refractivity contribution in [2.45, 2.75) is 0 Å². The summed E-state index contributed by atoms with van der Waals surface area (Å²) in [6.45, 7) is -0.256. The van der Waals surface area contributed by atoms with Crippen LogP contribution in [-0.4, -0.2) is 30.5 Å². The van der Waals surface area contributed by atoms with Crippen molar-refractivity contribution in [1.29, 1.82) is 0 Å². The maximum absolute atomic E-state index is 12.1. The number of ether oxygens (including phenoxy) is 1.